The Bertz CT molecular complexity index is 1320. The van der Waals surface area contributed by atoms with Gasteiger partial charge in [-0.2, -0.15) is 0 Å². The van der Waals surface area contributed by atoms with Crippen LogP contribution in [0.25, 0.3) is 11.1 Å². The van der Waals surface area contributed by atoms with Crippen LogP contribution in [0.4, 0.5) is 4.79 Å². The van der Waals surface area contributed by atoms with E-state index in [9.17, 15) is 14.8 Å². The highest BCUT2D eigenvalue weighted by Crippen LogP contribution is 2.44. The van der Waals surface area contributed by atoms with E-state index in [4.69, 9.17) is 4.74 Å². The fourth-order valence-electron chi connectivity index (χ4n) is 4.76. The number of amides is 1. The zero-order chi connectivity index (χ0) is 26.0. The predicted octanol–water partition coefficient (Wildman–Crippen LogP) is 4.25. The molecule has 0 aromatic heterocycles. The van der Waals surface area contributed by atoms with Crippen molar-refractivity contribution >= 4 is 26.7 Å². The largest absolute Gasteiger partial charge is 0.489 e. The molecule has 5 nitrogen and oxygen atoms in total. The lowest BCUT2D eigenvalue weighted by Gasteiger charge is -2.18. The van der Waals surface area contributed by atoms with Gasteiger partial charge in [-0.25, -0.2) is 4.79 Å². The first kappa shape index (κ1) is 25.8. The molecule has 0 saturated carbocycles. The monoisotopic (exact) mass is 497 g/mol. The van der Waals surface area contributed by atoms with Crippen LogP contribution in [0.2, 0.25) is 19.6 Å². The van der Waals surface area contributed by atoms with Crippen LogP contribution >= 0.6 is 0 Å². The molecule has 0 aliphatic heterocycles. The first-order valence-electron chi connectivity index (χ1n) is 12.2. The molecule has 184 valence electrons. The molecule has 0 atom stereocenters. The summed E-state index contributed by atoms with van der Waals surface area (Å²) < 4.78 is 5.65. The number of carbonyl (C=O) groups excluding carboxylic acids is 1. The number of hydrogen-bond donors (Lipinski definition) is 3. The smallest absolute Gasteiger partial charge is 0.449 e. The summed E-state index contributed by atoms with van der Waals surface area (Å²) in [6, 6.07) is 18.4. The molecule has 0 saturated heterocycles. The van der Waals surface area contributed by atoms with Crippen LogP contribution in [0.3, 0.4) is 0 Å². The molecule has 0 bridgehead atoms. The van der Waals surface area contributed by atoms with Gasteiger partial charge in [-0.15, -0.1) is 5.54 Å². The highest BCUT2D eigenvalue weighted by atomic mass is 28.3. The molecular formula is C29H32BNO4Si. The molecule has 1 aliphatic rings. The van der Waals surface area contributed by atoms with Crippen molar-refractivity contribution in [3.63, 3.8) is 0 Å². The Morgan fingerprint density at radius 2 is 1.58 bits per heavy atom. The van der Waals surface area contributed by atoms with Crippen LogP contribution in [0, 0.1) is 25.3 Å². The maximum Gasteiger partial charge on any atom is 0.489 e. The van der Waals surface area contributed by atoms with Crippen LogP contribution in [0.5, 0.6) is 0 Å². The van der Waals surface area contributed by atoms with E-state index < -0.39 is 21.3 Å². The zero-order valence-corrected chi connectivity index (χ0v) is 22.5. The zero-order valence-electron chi connectivity index (χ0n) is 21.5. The van der Waals surface area contributed by atoms with Gasteiger partial charge in [-0.3, -0.25) is 0 Å². The standard InChI is InChI=1S/C29H32BNO4Si/c1-19-21(14-15-36(3,4)5)16-22(20(2)28(19)30(33)34)17-31-29(32)35-18-27-25-12-8-6-10-23(25)24-11-7-9-13-26(24)27/h6-13,16,27,33-34H,17-18H2,1-5H3,(H,31,32). The number of benzene rings is 3. The van der Waals surface area contributed by atoms with Gasteiger partial charge in [0, 0.05) is 18.0 Å². The minimum Gasteiger partial charge on any atom is -0.449 e. The summed E-state index contributed by atoms with van der Waals surface area (Å²) in [5.74, 6) is 3.22. The maximum absolute atomic E-state index is 12.7. The molecule has 0 heterocycles. The Morgan fingerprint density at radius 3 is 2.14 bits per heavy atom. The minimum atomic E-state index is -1.62. The maximum atomic E-state index is 12.7. The Labute approximate surface area is 214 Å². The normalized spacial score (nSPS) is 12.3. The predicted molar refractivity (Wildman–Crippen MR) is 148 cm³/mol. The summed E-state index contributed by atoms with van der Waals surface area (Å²) in [6.07, 6.45) is -0.516. The number of carbonyl (C=O) groups is 1. The Morgan fingerprint density at radius 1 is 1.00 bits per heavy atom. The van der Waals surface area contributed by atoms with E-state index in [1.807, 2.05) is 44.2 Å². The van der Waals surface area contributed by atoms with E-state index in [0.717, 1.165) is 33.4 Å². The van der Waals surface area contributed by atoms with Gasteiger partial charge in [0.25, 0.3) is 0 Å². The lowest BCUT2D eigenvalue weighted by atomic mass is 9.72. The van der Waals surface area contributed by atoms with Crippen molar-refractivity contribution in [3.05, 3.63) is 88.0 Å². The summed E-state index contributed by atoms with van der Waals surface area (Å²) >= 11 is 0. The van der Waals surface area contributed by atoms with E-state index in [1.54, 1.807) is 0 Å². The SMILES string of the molecule is Cc1c(C#C[Si](C)(C)C)cc(CNC(=O)OCC2c3ccccc3-c3ccccc32)c(C)c1B(O)O. The molecule has 3 aromatic rings. The molecular weight excluding hydrogens is 465 g/mol. The van der Waals surface area contributed by atoms with Gasteiger partial charge in [-0.05, 0) is 64.3 Å². The second kappa shape index (κ2) is 10.4. The minimum absolute atomic E-state index is 0.0103. The second-order valence-corrected chi connectivity index (χ2v) is 15.0. The van der Waals surface area contributed by atoms with Crippen molar-refractivity contribution in [3.8, 4) is 22.6 Å². The molecule has 36 heavy (non-hydrogen) atoms. The third-order valence-corrected chi connectivity index (χ3v) is 7.48. The molecule has 0 radical (unpaired) electrons. The van der Waals surface area contributed by atoms with Crippen molar-refractivity contribution in [2.45, 2.75) is 46.0 Å². The van der Waals surface area contributed by atoms with Crippen LogP contribution in [-0.2, 0) is 11.3 Å². The summed E-state index contributed by atoms with van der Waals surface area (Å²) in [6.45, 7) is 10.6. The number of hydrogen-bond acceptors (Lipinski definition) is 4. The summed E-state index contributed by atoms with van der Waals surface area (Å²) in [7, 11) is -3.24. The van der Waals surface area contributed by atoms with Gasteiger partial charge in [0.2, 0.25) is 0 Å². The summed E-state index contributed by atoms with van der Waals surface area (Å²) in [5, 5.41) is 22.9. The van der Waals surface area contributed by atoms with Crippen LogP contribution < -0.4 is 10.8 Å². The first-order chi connectivity index (χ1) is 17.1. The topological polar surface area (TPSA) is 78.8 Å². The highest BCUT2D eigenvalue weighted by Gasteiger charge is 2.29. The van der Waals surface area contributed by atoms with Gasteiger partial charge in [0.15, 0.2) is 0 Å². The molecule has 1 aliphatic carbocycles. The van der Waals surface area contributed by atoms with E-state index >= 15 is 0 Å². The molecule has 3 N–H and O–H groups in total. The van der Waals surface area contributed by atoms with Gasteiger partial charge >= 0.3 is 13.2 Å². The number of ether oxygens (including phenoxy) is 1. The van der Waals surface area contributed by atoms with Crippen molar-refractivity contribution < 1.29 is 19.6 Å². The highest BCUT2D eigenvalue weighted by molar-refractivity contribution is 6.83. The Hall–Kier alpha value is -3.31. The first-order valence-corrected chi connectivity index (χ1v) is 15.7. The fourth-order valence-corrected chi connectivity index (χ4v) is 5.27. The third kappa shape index (κ3) is 5.41. The van der Waals surface area contributed by atoms with Gasteiger partial charge in [-0.1, -0.05) is 74.1 Å². The molecule has 0 spiro atoms. The number of fused-ring (bicyclic) bond motifs is 3. The van der Waals surface area contributed by atoms with E-state index in [-0.39, 0.29) is 19.1 Å². The molecule has 0 fully saturated rings. The second-order valence-electron chi connectivity index (χ2n) is 10.3. The summed E-state index contributed by atoms with van der Waals surface area (Å²) in [5.41, 5.74) is 11.4. The lowest BCUT2D eigenvalue weighted by molar-refractivity contribution is 0.142. The Balaban J connectivity index is 1.49. The van der Waals surface area contributed by atoms with Crippen LogP contribution in [0.1, 0.15) is 39.3 Å². The molecule has 3 aromatic carbocycles. The van der Waals surface area contributed by atoms with Crippen molar-refractivity contribution in [1.29, 1.82) is 0 Å². The molecule has 7 heteroatoms. The average Bonchev–Trinajstić information content (AvgIpc) is 3.14. The van der Waals surface area contributed by atoms with Gasteiger partial charge < -0.3 is 20.1 Å². The van der Waals surface area contributed by atoms with E-state index in [2.05, 4.69) is 60.7 Å². The quantitative estimate of drug-likeness (QED) is 0.364. The van der Waals surface area contributed by atoms with E-state index in [1.165, 1.54) is 11.1 Å². The average molecular weight is 497 g/mol. The molecule has 0 unspecified atom stereocenters. The number of nitrogens with one attached hydrogen (secondary N) is 1. The lowest BCUT2D eigenvalue weighted by Crippen LogP contribution is -2.37. The van der Waals surface area contributed by atoms with Crippen LogP contribution in [0.15, 0.2) is 54.6 Å². The van der Waals surface area contributed by atoms with Crippen molar-refractivity contribution in [2.24, 2.45) is 0 Å². The number of alkyl carbamates (subject to hydrolysis) is 1. The molecule has 4 rings (SSSR count). The third-order valence-electron chi connectivity index (χ3n) is 6.61. The Kier molecular flexibility index (Phi) is 7.41. The van der Waals surface area contributed by atoms with Gasteiger partial charge in [0.05, 0.1) is 0 Å². The van der Waals surface area contributed by atoms with Crippen molar-refractivity contribution in [2.75, 3.05) is 6.61 Å². The summed E-state index contributed by atoms with van der Waals surface area (Å²) in [4.78, 5) is 12.7. The van der Waals surface area contributed by atoms with E-state index in [0.29, 0.717) is 5.46 Å². The number of rotatable bonds is 5. The van der Waals surface area contributed by atoms with Gasteiger partial charge in [0.1, 0.15) is 14.7 Å². The molecule has 1 amide bonds. The fraction of sp³-hybridized carbons (Fsp3) is 0.276. The van der Waals surface area contributed by atoms with Crippen molar-refractivity contribution in [1.82, 2.24) is 5.32 Å². The van der Waals surface area contributed by atoms with Crippen LogP contribution in [-0.4, -0.2) is 37.9 Å².